The van der Waals surface area contributed by atoms with E-state index in [4.69, 9.17) is 4.74 Å². The Kier molecular flexibility index (Phi) is 5.43. The molecule has 2 N–H and O–H groups in total. The molecule has 0 radical (unpaired) electrons. The average Bonchev–Trinajstić information content (AvgIpc) is 3.18. The van der Waals surface area contributed by atoms with Crippen LogP contribution in [0, 0.1) is 0 Å². The molecule has 0 aliphatic carbocycles. The first kappa shape index (κ1) is 17.4. The number of rotatable bonds is 6. The van der Waals surface area contributed by atoms with E-state index in [-0.39, 0.29) is 5.91 Å². The third-order valence-corrected chi connectivity index (χ3v) is 3.95. The Morgan fingerprint density at radius 2 is 2.04 bits per heavy atom. The minimum absolute atomic E-state index is 0.349. The highest BCUT2D eigenvalue weighted by Gasteiger charge is 2.10. The van der Waals surface area contributed by atoms with E-state index in [1.54, 1.807) is 19.4 Å². The van der Waals surface area contributed by atoms with Crippen LogP contribution >= 0.6 is 0 Å². The van der Waals surface area contributed by atoms with E-state index in [1.807, 2.05) is 36.4 Å². The van der Waals surface area contributed by atoms with Gasteiger partial charge in [0, 0.05) is 5.56 Å². The molecule has 0 aliphatic rings. The molecule has 0 saturated carbocycles. The van der Waals surface area contributed by atoms with Gasteiger partial charge in [-0.3, -0.25) is 9.89 Å². The van der Waals surface area contributed by atoms with Crippen molar-refractivity contribution in [2.24, 2.45) is 5.10 Å². The first-order valence-electron chi connectivity index (χ1n) is 8.31. The molecular weight excluding hydrogens is 328 g/mol. The van der Waals surface area contributed by atoms with Crippen molar-refractivity contribution in [2.45, 2.75) is 13.3 Å². The second kappa shape index (κ2) is 8.11. The molecule has 0 fully saturated rings. The summed E-state index contributed by atoms with van der Waals surface area (Å²) in [6.07, 6.45) is 2.54. The maximum absolute atomic E-state index is 12.2. The highest BCUT2D eigenvalue weighted by atomic mass is 16.5. The summed E-state index contributed by atoms with van der Waals surface area (Å²) in [4.78, 5) is 12.2. The molecule has 6 nitrogen and oxygen atoms in total. The number of amides is 1. The van der Waals surface area contributed by atoms with Crippen LogP contribution in [0.25, 0.3) is 11.3 Å². The van der Waals surface area contributed by atoms with Crippen molar-refractivity contribution < 1.29 is 9.53 Å². The fraction of sp³-hybridized carbons (Fsp3) is 0.150. The van der Waals surface area contributed by atoms with Gasteiger partial charge in [0.25, 0.3) is 5.91 Å². The van der Waals surface area contributed by atoms with Gasteiger partial charge in [0.15, 0.2) is 0 Å². The van der Waals surface area contributed by atoms with Crippen molar-refractivity contribution in [3.63, 3.8) is 0 Å². The number of hydrogen-bond donors (Lipinski definition) is 2. The summed E-state index contributed by atoms with van der Waals surface area (Å²) in [7, 11) is 1.60. The summed E-state index contributed by atoms with van der Waals surface area (Å²) in [5.41, 5.74) is 6.59. The summed E-state index contributed by atoms with van der Waals surface area (Å²) in [6, 6.07) is 17.2. The Hall–Kier alpha value is -3.41. The van der Waals surface area contributed by atoms with Crippen molar-refractivity contribution in [1.82, 2.24) is 15.6 Å². The van der Waals surface area contributed by atoms with Gasteiger partial charge in [-0.05, 0) is 35.7 Å². The minimum atomic E-state index is -0.354. The molecular formula is C20H20N4O2. The van der Waals surface area contributed by atoms with Crippen LogP contribution in [0.15, 0.2) is 59.7 Å². The predicted molar refractivity (Wildman–Crippen MR) is 101 cm³/mol. The van der Waals surface area contributed by atoms with Crippen LogP contribution in [0.3, 0.4) is 0 Å². The third kappa shape index (κ3) is 4.16. The molecule has 1 amide bonds. The largest absolute Gasteiger partial charge is 0.497 e. The molecule has 26 heavy (non-hydrogen) atoms. The molecule has 1 heterocycles. The van der Waals surface area contributed by atoms with Gasteiger partial charge in [0.2, 0.25) is 0 Å². The fourth-order valence-corrected chi connectivity index (χ4v) is 2.44. The van der Waals surface area contributed by atoms with E-state index in [0.29, 0.717) is 5.69 Å². The number of H-pyrrole nitrogens is 1. The summed E-state index contributed by atoms with van der Waals surface area (Å²) in [5, 5.41) is 10.9. The number of aromatic amines is 1. The van der Waals surface area contributed by atoms with Crippen LogP contribution < -0.4 is 10.2 Å². The van der Waals surface area contributed by atoms with Gasteiger partial charge < -0.3 is 4.74 Å². The van der Waals surface area contributed by atoms with Crippen molar-refractivity contribution >= 4 is 12.1 Å². The van der Waals surface area contributed by atoms with Crippen molar-refractivity contribution in [3.05, 3.63) is 71.4 Å². The number of hydrogen-bond acceptors (Lipinski definition) is 4. The quantitative estimate of drug-likeness (QED) is 0.529. The highest BCUT2D eigenvalue weighted by molar-refractivity contribution is 5.94. The predicted octanol–water partition coefficient (Wildman–Crippen LogP) is 3.41. The molecule has 0 bridgehead atoms. The number of ether oxygens (including phenoxy) is 1. The van der Waals surface area contributed by atoms with Crippen molar-refractivity contribution in [3.8, 4) is 17.0 Å². The van der Waals surface area contributed by atoms with Gasteiger partial charge in [0.1, 0.15) is 11.4 Å². The zero-order valence-electron chi connectivity index (χ0n) is 14.7. The topological polar surface area (TPSA) is 79.4 Å². The molecule has 0 saturated heterocycles. The van der Waals surface area contributed by atoms with Crippen LogP contribution in [0.5, 0.6) is 5.75 Å². The van der Waals surface area contributed by atoms with Crippen LogP contribution in [0.2, 0.25) is 0 Å². The molecule has 0 unspecified atom stereocenters. The molecule has 0 spiro atoms. The lowest BCUT2D eigenvalue weighted by atomic mass is 10.1. The summed E-state index contributed by atoms with van der Waals surface area (Å²) >= 11 is 0. The second-order valence-corrected chi connectivity index (χ2v) is 5.69. The lowest BCUT2D eigenvalue weighted by molar-refractivity contribution is 0.0950. The first-order valence-corrected chi connectivity index (χ1v) is 8.31. The maximum Gasteiger partial charge on any atom is 0.289 e. The zero-order chi connectivity index (χ0) is 18.4. The lowest BCUT2D eigenvalue weighted by Gasteiger charge is -2.00. The normalized spacial score (nSPS) is 10.8. The van der Waals surface area contributed by atoms with Gasteiger partial charge in [-0.2, -0.15) is 10.2 Å². The number of nitrogens with one attached hydrogen (secondary N) is 2. The minimum Gasteiger partial charge on any atom is -0.497 e. The number of aromatic nitrogens is 2. The van der Waals surface area contributed by atoms with E-state index in [0.717, 1.165) is 29.0 Å². The number of carbonyl (C=O) groups is 1. The Labute approximate surface area is 151 Å². The molecule has 0 atom stereocenters. The van der Waals surface area contributed by atoms with Gasteiger partial charge in [-0.15, -0.1) is 0 Å². The summed E-state index contributed by atoms with van der Waals surface area (Å²) in [5.74, 6) is 0.376. The number of benzene rings is 2. The Bertz CT molecular complexity index is 914. The summed E-state index contributed by atoms with van der Waals surface area (Å²) < 4.78 is 5.15. The van der Waals surface area contributed by atoms with E-state index in [9.17, 15) is 4.79 Å². The monoisotopic (exact) mass is 348 g/mol. The molecule has 1 aromatic heterocycles. The second-order valence-electron chi connectivity index (χ2n) is 5.69. The molecule has 132 valence electrons. The number of aryl methyl sites for hydroxylation is 1. The zero-order valence-corrected chi connectivity index (χ0v) is 14.7. The van der Waals surface area contributed by atoms with Crippen LogP contribution in [-0.4, -0.2) is 29.4 Å². The van der Waals surface area contributed by atoms with E-state index in [2.05, 4.69) is 39.8 Å². The SMILES string of the molecule is CCc1ccc(-c2cc(C(=O)NN=Cc3cccc(OC)c3)[nH]n2)cc1. The number of hydrazone groups is 1. The van der Waals surface area contributed by atoms with E-state index in [1.165, 1.54) is 5.56 Å². The van der Waals surface area contributed by atoms with Crippen LogP contribution in [0.1, 0.15) is 28.5 Å². The van der Waals surface area contributed by atoms with E-state index >= 15 is 0 Å². The van der Waals surface area contributed by atoms with Gasteiger partial charge in [-0.1, -0.05) is 43.3 Å². The van der Waals surface area contributed by atoms with Gasteiger partial charge in [0.05, 0.1) is 19.0 Å². The van der Waals surface area contributed by atoms with Crippen molar-refractivity contribution in [2.75, 3.05) is 7.11 Å². The molecule has 3 rings (SSSR count). The third-order valence-electron chi connectivity index (χ3n) is 3.95. The highest BCUT2D eigenvalue weighted by Crippen LogP contribution is 2.18. The number of carbonyl (C=O) groups excluding carboxylic acids is 1. The molecule has 2 aromatic carbocycles. The van der Waals surface area contributed by atoms with Gasteiger partial charge in [-0.25, -0.2) is 5.43 Å². The summed E-state index contributed by atoms with van der Waals surface area (Å²) in [6.45, 7) is 2.11. The van der Waals surface area contributed by atoms with E-state index < -0.39 is 0 Å². The Morgan fingerprint density at radius 3 is 2.77 bits per heavy atom. The molecule has 6 heteroatoms. The Morgan fingerprint density at radius 1 is 1.23 bits per heavy atom. The fourth-order valence-electron chi connectivity index (χ4n) is 2.44. The smallest absolute Gasteiger partial charge is 0.289 e. The Balaban J connectivity index is 1.64. The first-order chi connectivity index (χ1) is 12.7. The standard InChI is InChI=1S/C20H20N4O2/c1-3-14-7-9-16(10-8-14)18-12-19(23-22-18)20(25)24-21-13-15-5-4-6-17(11-15)26-2/h4-13H,3H2,1-2H3,(H,22,23)(H,24,25). The lowest BCUT2D eigenvalue weighted by Crippen LogP contribution is -2.18. The molecule has 0 aliphatic heterocycles. The van der Waals surface area contributed by atoms with Crippen LogP contribution in [0.4, 0.5) is 0 Å². The number of nitrogens with zero attached hydrogens (tertiary/aromatic N) is 2. The van der Waals surface area contributed by atoms with Gasteiger partial charge >= 0.3 is 0 Å². The number of methoxy groups -OCH3 is 1. The maximum atomic E-state index is 12.2. The molecule has 3 aromatic rings. The van der Waals surface area contributed by atoms with Crippen molar-refractivity contribution in [1.29, 1.82) is 0 Å². The van der Waals surface area contributed by atoms with Crippen LogP contribution in [-0.2, 0) is 6.42 Å². The average molecular weight is 348 g/mol.